The van der Waals surface area contributed by atoms with E-state index < -0.39 is 11.8 Å². The van der Waals surface area contributed by atoms with Crippen molar-refractivity contribution in [3.8, 4) is 17.8 Å². The quantitative estimate of drug-likeness (QED) is 0.834. The number of hydrogen-bond acceptors (Lipinski definition) is 5. The van der Waals surface area contributed by atoms with Crippen LogP contribution >= 0.6 is 0 Å². The summed E-state index contributed by atoms with van der Waals surface area (Å²) in [5, 5.41) is 32.7. The molecule has 0 aliphatic carbocycles. The second-order valence-corrected chi connectivity index (χ2v) is 4.04. The van der Waals surface area contributed by atoms with Crippen LogP contribution in [0.1, 0.15) is 10.5 Å². The maximum atomic E-state index is 13.4. The Balaban J connectivity index is 2.44. The lowest BCUT2D eigenvalue weighted by atomic mass is 10.2. The van der Waals surface area contributed by atoms with Gasteiger partial charge in [0, 0.05) is 12.4 Å². The molecule has 0 atom stereocenters. The number of allylic oxidation sites excluding steroid dienone is 1. The lowest BCUT2D eigenvalue weighted by Gasteiger charge is -2.09. The summed E-state index contributed by atoms with van der Waals surface area (Å²) in [6, 6.07) is 8.32. The summed E-state index contributed by atoms with van der Waals surface area (Å²) in [7, 11) is 0. The molecule has 0 fully saturated rings. The first-order valence-electron chi connectivity index (χ1n) is 5.91. The predicted octanol–water partition coefficient (Wildman–Crippen LogP) is 2.05. The van der Waals surface area contributed by atoms with E-state index in [0.29, 0.717) is 5.69 Å². The average molecular weight is 297 g/mol. The van der Waals surface area contributed by atoms with Gasteiger partial charge in [-0.3, -0.25) is 0 Å². The number of nitriles is 2. The Labute approximate surface area is 124 Å². The molecule has 22 heavy (non-hydrogen) atoms. The van der Waals surface area contributed by atoms with Crippen molar-refractivity contribution in [2.75, 3.05) is 5.32 Å². The van der Waals surface area contributed by atoms with Crippen molar-refractivity contribution in [1.29, 1.82) is 10.5 Å². The Kier molecular flexibility index (Phi) is 4.16. The van der Waals surface area contributed by atoms with E-state index in [1.54, 1.807) is 12.1 Å². The monoisotopic (exact) mass is 297 g/mol. The fourth-order valence-electron chi connectivity index (χ4n) is 1.64. The van der Waals surface area contributed by atoms with E-state index in [0.717, 1.165) is 12.3 Å². The third kappa shape index (κ3) is 3.08. The number of hydrogen-bond donors (Lipinski definition) is 2. The van der Waals surface area contributed by atoms with Crippen molar-refractivity contribution in [1.82, 2.24) is 9.78 Å². The predicted molar refractivity (Wildman–Crippen MR) is 73.4 cm³/mol. The third-order valence-electron chi connectivity index (χ3n) is 2.63. The molecule has 0 bridgehead atoms. The van der Waals surface area contributed by atoms with Crippen LogP contribution in [0.25, 0.3) is 5.69 Å². The largest absolute Gasteiger partial charge is 0.476 e. The maximum absolute atomic E-state index is 13.4. The highest BCUT2D eigenvalue weighted by atomic mass is 19.1. The maximum Gasteiger partial charge on any atom is 0.356 e. The van der Waals surface area contributed by atoms with Gasteiger partial charge in [-0.25, -0.2) is 13.9 Å². The minimum atomic E-state index is -1.19. The summed E-state index contributed by atoms with van der Waals surface area (Å²) < 4.78 is 14.6. The first-order valence-corrected chi connectivity index (χ1v) is 5.91. The number of nitrogens with zero attached hydrogens (tertiary/aromatic N) is 4. The van der Waals surface area contributed by atoms with Crippen LogP contribution in [0.2, 0.25) is 0 Å². The molecule has 1 aromatic heterocycles. The van der Waals surface area contributed by atoms with Crippen LogP contribution in [0.4, 0.5) is 10.1 Å². The highest BCUT2D eigenvalue weighted by molar-refractivity contribution is 5.85. The van der Waals surface area contributed by atoms with Gasteiger partial charge in [-0.1, -0.05) is 0 Å². The van der Waals surface area contributed by atoms with Gasteiger partial charge in [0.2, 0.25) is 0 Å². The molecule has 8 heteroatoms. The topological polar surface area (TPSA) is 115 Å². The van der Waals surface area contributed by atoms with Gasteiger partial charge in [-0.05, 0) is 24.3 Å². The standard InChI is InChI=1S/C14H8FN5O2/c15-10-1-2-13(20-4-3-11(19-20)14(21)22)12(5-10)18-8-9(6-16)7-17/h1-5,8,18H,(H,21,22). The number of carbonyl (C=O) groups is 1. The van der Waals surface area contributed by atoms with Crippen LogP contribution in [-0.2, 0) is 0 Å². The average Bonchev–Trinajstić information content (AvgIpc) is 2.98. The van der Waals surface area contributed by atoms with Crippen molar-refractivity contribution in [2.24, 2.45) is 0 Å². The first kappa shape index (κ1) is 14.8. The molecule has 0 amide bonds. The smallest absolute Gasteiger partial charge is 0.356 e. The van der Waals surface area contributed by atoms with Gasteiger partial charge in [0.05, 0.1) is 11.4 Å². The van der Waals surface area contributed by atoms with Gasteiger partial charge >= 0.3 is 5.97 Å². The van der Waals surface area contributed by atoms with Crippen LogP contribution in [0.15, 0.2) is 42.2 Å². The molecule has 0 aliphatic heterocycles. The SMILES string of the molecule is N#CC(C#N)=CNc1cc(F)ccc1-n1ccc(C(=O)O)n1. The van der Waals surface area contributed by atoms with E-state index >= 15 is 0 Å². The van der Waals surface area contributed by atoms with E-state index in [1.807, 2.05) is 0 Å². The second kappa shape index (κ2) is 6.20. The lowest BCUT2D eigenvalue weighted by molar-refractivity contribution is 0.0690. The zero-order valence-corrected chi connectivity index (χ0v) is 11.0. The minimum absolute atomic E-state index is 0.166. The number of nitrogens with one attached hydrogen (secondary N) is 1. The van der Waals surface area contributed by atoms with Crippen molar-refractivity contribution < 1.29 is 14.3 Å². The highest BCUT2D eigenvalue weighted by Crippen LogP contribution is 2.21. The van der Waals surface area contributed by atoms with Crippen LogP contribution in [-0.4, -0.2) is 20.9 Å². The molecule has 7 nitrogen and oxygen atoms in total. The fourth-order valence-corrected chi connectivity index (χ4v) is 1.64. The van der Waals surface area contributed by atoms with E-state index in [4.69, 9.17) is 15.6 Å². The minimum Gasteiger partial charge on any atom is -0.476 e. The number of aromatic carboxylic acids is 1. The molecule has 0 aliphatic rings. The van der Waals surface area contributed by atoms with Gasteiger partial charge in [-0.2, -0.15) is 15.6 Å². The number of carboxylic acids is 1. The number of benzene rings is 1. The Morgan fingerprint density at radius 3 is 2.68 bits per heavy atom. The molecule has 0 spiro atoms. The summed E-state index contributed by atoms with van der Waals surface area (Å²) in [6.07, 6.45) is 2.53. The molecular formula is C14H8FN5O2. The zero-order valence-electron chi connectivity index (χ0n) is 11.0. The first-order chi connectivity index (χ1) is 10.5. The number of rotatable bonds is 4. The number of aromatic nitrogens is 2. The molecule has 108 valence electrons. The molecule has 2 rings (SSSR count). The Morgan fingerprint density at radius 1 is 1.36 bits per heavy atom. The Hall–Kier alpha value is -3.65. The molecule has 2 aromatic rings. The summed E-state index contributed by atoms with van der Waals surface area (Å²) in [5.74, 6) is -1.73. The summed E-state index contributed by atoms with van der Waals surface area (Å²) in [6.45, 7) is 0. The molecule has 2 N–H and O–H groups in total. The molecule has 0 unspecified atom stereocenters. The van der Waals surface area contributed by atoms with Crippen LogP contribution < -0.4 is 5.32 Å². The molecule has 1 aromatic carbocycles. The fraction of sp³-hybridized carbons (Fsp3) is 0. The normalized spacial score (nSPS) is 9.41. The summed E-state index contributed by atoms with van der Waals surface area (Å²) in [5.41, 5.74) is 0.228. The number of carboxylic acid groups (broad SMARTS) is 1. The van der Waals surface area contributed by atoms with Crippen LogP contribution in [0.5, 0.6) is 0 Å². The summed E-state index contributed by atoms with van der Waals surface area (Å²) >= 11 is 0. The molecule has 1 heterocycles. The van der Waals surface area contributed by atoms with Crippen LogP contribution in [0, 0.1) is 28.5 Å². The highest BCUT2D eigenvalue weighted by Gasteiger charge is 2.11. The summed E-state index contributed by atoms with van der Waals surface area (Å²) in [4.78, 5) is 10.8. The van der Waals surface area contributed by atoms with Gasteiger partial charge in [-0.15, -0.1) is 0 Å². The van der Waals surface area contributed by atoms with Gasteiger partial charge < -0.3 is 10.4 Å². The van der Waals surface area contributed by atoms with Gasteiger partial charge in [0.25, 0.3) is 0 Å². The number of anilines is 1. The molecule has 0 saturated carbocycles. The molecular weight excluding hydrogens is 289 g/mol. The van der Waals surface area contributed by atoms with E-state index in [-0.39, 0.29) is 17.0 Å². The second-order valence-electron chi connectivity index (χ2n) is 4.04. The van der Waals surface area contributed by atoms with Crippen molar-refractivity contribution in [3.63, 3.8) is 0 Å². The van der Waals surface area contributed by atoms with E-state index in [2.05, 4.69) is 10.4 Å². The van der Waals surface area contributed by atoms with Crippen molar-refractivity contribution in [3.05, 3.63) is 53.7 Å². The lowest BCUT2D eigenvalue weighted by Crippen LogP contribution is -2.04. The van der Waals surface area contributed by atoms with Gasteiger partial charge in [0.1, 0.15) is 23.5 Å². The Bertz CT molecular complexity index is 826. The third-order valence-corrected chi connectivity index (χ3v) is 2.63. The molecule has 0 saturated heterocycles. The Morgan fingerprint density at radius 2 is 2.09 bits per heavy atom. The molecule has 0 radical (unpaired) electrons. The van der Waals surface area contributed by atoms with E-state index in [1.165, 1.54) is 29.1 Å². The van der Waals surface area contributed by atoms with Crippen molar-refractivity contribution >= 4 is 11.7 Å². The zero-order chi connectivity index (χ0) is 16.1. The van der Waals surface area contributed by atoms with E-state index in [9.17, 15) is 9.18 Å². The van der Waals surface area contributed by atoms with Crippen molar-refractivity contribution in [2.45, 2.75) is 0 Å². The van der Waals surface area contributed by atoms with Gasteiger partial charge in [0.15, 0.2) is 5.69 Å². The number of halogens is 1. The van der Waals surface area contributed by atoms with Crippen LogP contribution in [0.3, 0.4) is 0 Å².